The normalized spacial score (nSPS) is 27.2. The Morgan fingerprint density at radius 1 is 0.833 bits per heavy atom. The Hall–Kier alpha value is -4.41. The maximum atomic E-state index is 14.0. The Kier molecular flexibility index (Phi) is 13.5. The van der Waals surface area contributed by atoms with Gasteiger partial charge >= 0.3 is 5.97 Å². The van der Waals surface area contributed by atoms with Crippen LogP contribution < -0.4 is 10.1 Å². The minimum Gasteiger partial charge on any atom is -0.497 e. The van der Waals surface area contributed by atoms with Crippen LogP contribution in [0.3, 0.4) is 0 Å². The van der Waals surface area contributed by atoms with Crippen LogP contribution in [0, 0.1) is 23.2 Å². The van der Waals surface area contributed by atoms with Gasteiger partial charge < -0.3 is 29.5 Å². The number of nitrogens with one attached hydrogen (secondary N) is 1. The van der Waals surface area contributed by atoms with Crippen molar-refractivity contribution >= 4 is 29.6 Å². The Morgan fingerprint density at radius 3 is 2.13 bits per heavy atom. The zero-order valence-electron chi connectivity index (χ0n) is 33.3. The zero-order chi connectivity index (χ0) is 39.2. The number of likely N-dealkylation sites (N-methyl/N-ethyl adjacent to an activating group) is 1. The number of carbonyl (C=O) groups excluding carboxylic acids is 5. The third-order valence-electron chi connectivity index (χ3n) is 11.5. The Labute approximate surface area is 321 Å². The second-order valence-electron chi connectivity index (χ2n) is 16.9. The molecule has 0 aliphatic carbocycles. The molecule has 2 aromatic carbocycles. The topological polar surface area (TPSA) is 126 Å². The second-order valence-corrected chi connectivity index (χ2v) is 16.9. The first-order valence-corrected chi connectivity index (χ1v) is 19.7. The third kappa shape index (κ3) is 10.2. The van der Waals surface area contributed by atoms with Crippen LogP contribution in [0.15, 0.2) is 48.5 Å². The number of carbonyl (C=O) groups is 5. The molecule has 1 N–H and O–H groups in total. The lowest BCUT2D eigenvalue weighted by molar-refractivity contribution is -0.160. The average molecular weight is 745 g/mol. The fourth-order valence-electron chi connectivity index (χ4n) is 7.89. The molecule has 4 amide bonds. The van der Waals surface area contributed by atoms with E-state index in [1.165, 1.54) is 0 Å². The van der Waals surface area contributed by atoms with Crippen LogP contribution >= 0.6 is 0 Å². The number of fused-ring (bicyclic) bond motifs is 2. The average Bonchev–Trinajstić information content (AvgIpc) is 3.66. The molecule has 5 heterocycles. The summed E-state index contributed by atoms with van der Waals surface area (Å²) in [5.41, 5.74) is 1.86. The molecule has 5 aliphatic heterocycles. The Bertz CT molecular complexity index is 1630. The lowest BCUT2D eigenvalue weighted by Crippen LogP contribution is -2.51. The monoisotopic (exact) mass is 744 g/mol. The number of hydrogen-bond donors (Lipinski definition) is 1. The summed E-state index contributed by atoms with van der Waals surface area (Å²) in [4.78, 5) is 73.8. The van der Waals surface area contributed by atoms with Gasteiger partial charge in [-0.1, -0.05) is 58.9 Å². The molecule has 2 saturated heterocycles. The summed E-state index contributed by atoms with van der Waals surface area (Å²) in [7, 11) is 3.31. The summed E-state index contributed by atoms with van der Waals surface area (Å²) in [5.74, 6) is -0.490. The molecule has 0 aromatic heterocycles. The van der Waals surface area contributed by atoms with E-state index in [1.807, 2.05) is 48.2 Å². The van der Waals surface area contributed by atoms with Crippen molar-refractivity contribution in [3.8, 4) is 5.75 Å². The molecule has 0 unspecified atom stereocenters. The number of amides is 4. The predicted octanol–water partition coefficient (Wildman–Crippen LogP) is 5.64. The summed E-state index contributed by atoms with van der Waals surface area (Å²) in [6.07, 6.45) is 4.45. The number of ether oxygens (including phenoxy) is 2. The van der Waals surface area contributed by atoms with E-state index in [0.29, 0.717) is 75.9 Å². The van der Waals surface area contributed by atoms with E-state index in [-0.39, 0.29) is 65.4 Å². The Morgan fingerprint density at radius 2 is 1.50 bits per heavy atom. The van der Waals surface area contributed by atoms with Crippen LogP contribution in [0.25, 0.3) is 0 Å². The molecule has 0 saturated carbocycles. The number of methoxy groups -OCH3 is 1. The molecule has 0 radical (unpaired) electrons. The van der Waals surface area contributed by atoms with Crippen molar-refractivity contribution in [1.82, 2.24) is 20.0 Å². The first kappa shape index (κ1) is 40.8. The van der Waals surface area contributed by atoms with Crippen molar-refractivity contribution in [3.63, 3.8) is 0 Å². The van der Waals surface area contributed by atoms with Crippen molar-refractivity contribution < 1.29 is 33.4 Å². The number of esters is 1. The van der Waals surface area contributed by atoms with Gasteiger partial charge in [0.15, 0.2) is 0 Å². The van der Waals surface area contributed by atoms with Gasteiger partial charge in [0.25, 0.3) is 5.91 Å². The highest BCUT2D eigenvalue weighted by Crippen LogP contribution is 2.32. The largest absolute Gasteiger partial charge is 0.497 e. The number of hydrogen-bond acceptors (Lipinski definition) is 7. The van der Waals surface area contributed by atoms with E-state index in [1.54, 1.807) is 36.1 Å². The van der Waals surface area contributed by atoms with E-state index in [9.17, 15) is 24.0 Å². The number of rotatable bonds is 3. The van der Waals surface area contributed by atoms with Crippen LogP contribution in [0.5, 0.6) is 5.75 Å². The van der Waals surface area contributed by atoms with Crippen LogP contribution in [-0.2, 0) is 36.9 Å². The molecule has 5 aliphatic rings. The van der Waals surface area contributed by atoms with E-state index < -0.39 is 12.1 Å². The fraction of sp³-hybridized carbons (Fsp3) is 0.605. The molecule has 54 heavy (non-hydrogen) atoms. The standard InChI is InChI=1S/C43H60N4O7/c1-28-10-11-29(2)39(49)46-23-20-32(21-24-46)38(48)44-35(26-30-14-18-34(53-7)19-15-30)41(51)45(6)27-31-12-16-33(17-13-31)40(50)47-22-8-9-36(47)42(52)54-37(25-28)43(3,4)5/h12-19,28-29,32,35-37H,8-11,20-27H2,1-7H3,(H,44,48)/t28-,29+,35-,36-,37-/m0/s1. The van der Waals surface area contributed by atoms with E-state index >= 15 is 0 Å². The maximum absolute atomic E-state index is 14.0. The van der Waals surface area contributed by atoms with E-state index in [4.69, 9.17) is 9.47 Å². The SMILES string of the molecule is COc1ccc(C[C@@H]2NC(=O)C3CCN(CC3)C(=O)[C@H](C)CC[C@H](C)C[C@@H](C(C)(C)C)OC(=O)[C@@H]3CCCN3C(=O)c3ccc(cc3)CN(C)C2=O)cc1. The number of piperidine rings is 1. The molecule has 11 heteroatoms. The van der Waals surface area contributed by atoms with Gasteiger partial charge in [-0.15, -0.1) is 0 Å². The molecule has 2 fully saturated rings. The van der Waals surface area contributed by atoms with Gasteiger partial charge in [0.05, 0.1) is 7.11 Å². The van der Waals surface area contributed by atoms with Crippen LogP contribution in [0.2, 0.25) is 0 Å². The molecular formula is C43H60N4O7. The van der Waals surface area contributed by atoms with Gasteiger partial charge in [-0.05, 0) is 91.7 Å². The first-order chi connectivity index (χ1) is 25.6. The predicted molar refractivity (Wildman–Crippen MR) is 206 cm³/mol. The van der Waals surface area contributed by atoms with E-state index in [2.05, 4.69) is 33.0 Å². The van der Waals surface area contributed by atoms with Gasteiger partial charge in [0.1, 0.15) is 23.9 Å². The summed E-state index contributed by atoms with van der Waals surface area (Å²) >= 11 is 0. The van der Waals surface area contributed by atoms with Gasteiger partial charge in [0, 0.05) is 57.0 Å². The lowest BCUT2D eigenvalue weighted by Gasteiger charge is -2.35. The van der Waals surface area contributed by atoms with Gasteiger partial charge in [-0.2, -0.15) is 0 Å². The van der Waals surface area contributed by atoms with Crippen LogP contribution in [0.1, 0.15) is 101 Å². The third-order valence-corrected chi connectivity index (χ3v) is 11.5. The molecule has 5 atom stereocenters. The van der Waals surface area contributed by atoms with Gasteiger partial charge in [-0.25, -0.2) is 4.79 Å². The minimum atomic E-state index is -0.804. The molecule has 0 spiro atoms. The van der Waals surface area contributed by atoms with Crippen molar-refractivity contribution in [2.24, 2.45) is 23.2 Å². The highest BCUT2D eigenvalue weighted by Gasteiger charge is 2.39. The number of nitrogens with zero attached hydrogens (tertiary/aromatic N) is 3. The summed E-state index contributed by atoms with van der Waals surface area (Å²) < 4.78 is 11.5. The van der Waals surface area contributed by atoms with Gasteiger partial charge in [-0.3, -0.25) is 19.2 Å². The Balaban J connectivity index is 1.39. The highest BCUT2D eigenvalue weighted by molar-refractivity contribution is 5.97. The van der Waals surface area contributed by atoms with E-state index in [0.717, 1.165) is 17.5 Å². The quantitative estimate of drug-likeness (QED) is 0.404. The summed E-state index contributed by atoms with van der Waals surface area (Å²) in [5, 5.41) is 3.07. The molecule has 2 aromatic rings. The molecule has 11 nitrogen and oxygen atoms in total. The molecular weight excluding hydrogens is 684 g/mol. The minimum absolute atomic E-state index is 0.0919. The number of benzene rings is 2. The van der Waals surface area contributed by atoms with Crippen molar-refractivity contribution in [2.45, 2.75) is 111 Å². The lowest BCUT2D eigenvalue weighted by atomic mass is 9.82. The van der Waals surface area contributed by atoms with Crippen molar-refractivity contribution in [2.75, 3.05) is 33.8 Å². The second kappa shape index (κ2) is 17.8. The van der Waals surface area contributed by atoms with Crippen molar-refractivity contribution in [1.29, 1.82) is 0 Å². The van der Waals surface area contributed by atoms with Crippen LogP contribution in [-0.4, -0.2) is 96.3 Å². The maximum Gasteiger partial charge on any atom is 0.329 e. The summed E-state index contributed by atoms with van der Waals surface area (Å²) in [6.45, 7) is 12.0. The fourth-order valence-corrected chi connectivity index (χ4v) is 7.89. The first-order valence-electron chi connectivity index (χ1n) is 19.7. The molecule has 4 bridgehead atoms. The van der Waals surface area contributed by atoms with Gasteiger partial charge in [0.2, 0.25) is 17.7 Å². The zero-order valence-corrected chi connectivity index (χ0v) is 33.3. The highest BCUT2D eigenvalue weighted by atomic mass is 16.5. The van der Waals surface area contributed by atoms with Crippen molar-refractivity contribution in [3.05, 3.63) is 65.2 Å². The molecule has 7 rings (SSSR count). The van der Waals surface area contributed by atoms with Crippen LogP contribution in [0.4, 0.5) is 0 Å². The summed E-state index contributed by atoms with van der Waals surface area (Å²) in [6, 6.07) is 13.1. The molecule has 294 valence electrons. The smallest absolute Gasteiger partial charge is 0.329 e.